The molecular formula is C21H26N4O3S2. The number of amides is 1. The maximum atomic E-state index is 12.5. The molecule has 0 fully saturated rings. The van der Waals surface area contributed by atoms with Gasteiger partial charge < -0.3 is 9.88 Å². The van der Waals surface area contributed by atoms with Gasteiger partial charge in [0.15, 0.2) is 5.16 Å². The van der Waals surface area contributed by atoms with Crippen molar-refractivity contribution in [1.82, 2.24) is 14.9 Å². The molecule has 3 N–H and O–H groups in total. The SMILES string of the molecule is CC(C)Cn1c(SCC(=O)N[C@H](C)c2ccc(S(N)(=O)=O)cc2)nc2ccccc21. The van der Waals surface area contributed by atoms with E-state index in [2.05, 4.69) is 28.7 Å². The van der Waals surface area contributed by atoms with Crippen LogP contribution in [0.5, 0.6) is 0 Å². The highest BCUT2D eigenvalue weighted by Crippen LogP contribution is 2.25. The van der Waals surface area contributed by atoms with E-state index in [4.69, 9.17) is 5.14 Å². The van der Waals surface area contributed by atoms with Crippen molar-refractivity contribution >= 4 is 38.7 Å². The van der Waals surface area contributed by atoms with Crippen LogP contribution in [-0.2, 0) is 21.4 Å². The molecule has 0 unspecified atom stereocenters. The van der Waals surface area contributed by atoms with Crippen molar-refractivity contribution < 1.29 is 13.2 Å². The van der Waals surface area contributed by atoms with Gasteiger partial charge in [-0.1, -0.05) is 49.9 Å². The molecule has 0 aliphatic carbocycles. The van der Waals surface area contributed by atoms with Crippen molar-refractivity contribution in [3.63, 3.8) is 0 Å². The first kappa shape index (κ1) is 22.3. The number of para-hydroxylation sites is 2. The quantitative estimate of drug-likeness (QED) is 0.516. The third kappa shape index (κ3) is 5.41. The van der Waals surface area contributed by atoms with Gasteiger partial charge in [-0.15, -0.1) is 0 Å². The van der Waals surface area contributed by atoms with Gasteiger partial charge in [-0.3, -0.25) is 4.79 Å². The largest absolute Gasteiger partial charge is 0.349 e. The summed E-state index contributed by atoms with van der Waals surface area (Å²) >= 11 is 1.41. The van der Waals surface area contributed by atoms with E-state index in [9.17, 15) is 13.2 Å². The second kappa shape index (κ2) is 9.20. The summed E-state index contributed by atoms with van der Waals surface area (Å²) in [6.45, 7) is 6.98. The Morgan fingerprint density at radius 3 is 2.43 bits per heavy atom. The van der Waals surface area contributed by atoms with Crippen LogP contribution in [0.1, 0.15) is 32.4 Å². The van der Waals surface area contributed by atoms with Crippen molar-refractivity contribution in [3.05, 3.63) is 54.1 Å². The van der Waals surface area contributed by atoms with Gasteiger partial charge >= 0.3 is 0 Å². The number of imidazole rings is 1. The first-order chi connectivity index (χ1) is 14.1. The number of thioether (sulfide) groups is 1. The standard InChI is InChI=1S/C21H26N4O3S2/c1-14(2)12-25-19-7-5-4-6-18(19)24-21(25)29-13-20(26)23-15(3)16-8-10-17(11-9-16)30(22,27)28/h4-11,14-15H,12-13H2,1-3H3,(H,23,26)(H2,22,27,28)/t15-/m1/s1. The van der Waals surface area contributed by atoms with Gasteiger partial charge in [-0.25, -0.2) is 18.5 Å². The predicted molar refractivity (Wildman–Crippen MR) is 120 cm³/mol. The van der Waals surface area contributed by atoms with Crippen molar-refractivity contribution in [2.75, 3.05) is 5.75 Å². The number of rotatable bonds is 8. The first-order valence-electron chi connectivity index (χ1n) is 9.65. The van der Waals surface area contributed by atoms with E-state index >= 15 is 0 Å². The molecule has 7 nitrogen and oxygen atoms in total. The number of nitrogens with zero attached hydrogens (tertiary/aromatic N) is 2. The van der Waals surface area contributed by atoms with Crippen LogP contribution in [0.2, 0.25) is 0 Å². The van der Waals surface area contributed by atoms with Crippen molar-refractivity contribution in [2.24, 2.45) is 11.1 Å². The second-order valence-corrected chi connectivity index (χ2v) is 10.1. The molecule has 0 aliphatic rings. The number of primary sulfonamides is 1. The van der Waals surface area contributed by atoms with Gasteiger partial charge in [0.25, 0.3) is 0 Å². The number of carbonyl (C=O) groups excluding carboxylic acids is 1. The Morgan fingerprint density at radius 1 is 1.13 bits per heavy atom. The van der Waals surface area contributed by atoms with Crippen molar-refractivity contribution in [1.29, 1.82) is 0 Å². The molecule has 2 aromatic carbocycles. The van der Waals surface area contributed by atoms with Crippen LogP contribution >= 0.6 is 11.8 Å². The minimum atomic E-state index is -3.73. The van der Waals surface area contributed by atoms with Crippen LogP contribution in [0.25, 0.3) is 11.0 Å². The van der Waals surface area contributed by atoms with E-state index in [-0.39, 0.29) is 22.6 Å². The van der Waals surface area contributed by atoms with Crippen LogP contribution in [-0.4, -0.2) is 29.6 Å². The number of sulfonamides is 1. The highest BCUT2D eigenvalue weighted by Gasteiger charge is 2.16. The zero-order chi connectivity index (χ0) is 21.9. The average Bonchev–Trinajstić information content (AvgIpc) is 3.03. The van der Waals surface area contributed by atoms with E-state index < -0.39 is 10.0 Å². The molecule has 1 aromatic heterocycles. The molecule has 30 heavy (non-hydrogen) atoms. The summed E-state index contributed by atoms with van der Waals surface area (Å²) in [5, 5.41) is 8.89. The summed E-state index contributed by atoms with van der Waals surface area (Å²) in [5.74, 6) is 0.573. The summed E-state index contributed by atoms with van der Waals surface area (Å²) < 4.78 is 24.9. The van der Waals surface area contributed by atoms with Gasteiger partial charge in [0.2, 0.25) is 15.9 Å². The number of aromatic nitrogens is 2. The van der Waals surface area contributed by atoms with Crippen LogP contribution in [0.4, 0.5) is 0 Å². The van der Waals surface area contributed by atoms with Gasteiger partial charge in [-0.2, -0.15) is 0 Å². The average molecular weight is 447 g/mol. The number of benzene rings is 2. The second-order valence-electron chi connectivity index (χ2n) is 7.58. The third-order valence-electron chi connectivity index (χ3n) is 4.59. The summed E-state index contributed by atoms with van der Waals surface area (Å²) in [6.07, 6.45) is 0. The van der Waals surface area contributed by atoms with Crippen LogP contribution in [0.15, 0.2) is 58.6 Å². The van der Waals surface area contributed by atoms with E-state index in [0.29, 0.717) is 5.92 Å². The molecule has 0 aliphatic heterocycles. The maximum absolute atomic E-state index is 12.5. The number of nitrogens with two attached hydrogens (primary N) is 1. The van der Waals surface area contributed by atoms with Gasteiger partial charge in [0, 0.05) is 6.54 Å². The molecule has 9 heteroatoms. The lowest BCUT2D eigenvalue weighted by Crippen LogP contribution is -2.28. The Hall–Kier alpha value is -2.36. The smallest absolute Gasteiger partial charge is 0.238 e. The van der Waals surface area contributed by atoms with Gasteiger partial charge in [-0.05, 0) is 42.7 Å². The molecule has 0 bridgehead atoms. The minimum Gasteiger partial charge on any atom is -0.349 e. The lowest BCUT2D eigenvalue weighted by Gasteiger charge is -2.15. The highest BCUT2D eigenvalue weighted by atomic mass is 32.2. The molecule has 0 radical (unpaired) electrons. The molecule has 0 spiro atoms. The Balaban J connectivity index is 1.66. The zero-order valence-corrected chi connectivity index (χ0v) is 18.8. The summed E-state index contributed by atoms with van der Waals surface area (Å²) in [6, 6.07) is 13.9. The van der Waals surface area contributed by atoms with Crippen molar-refractivity contribution in [2.45, 2.75) is 43.4 Å². The molecule has 3 aromatic rings. The van der Waals surface area contributed by atoms with Gasteiger partial charge in [0.05, 0.1) is 27.7 Å². The van der Waals surface area contributed by atoms with Crippen LogP contribution in [0.3, 0.4) is 0 Å². The third-order valence-corrected chi connectivity index (χ3v) is 6.49. The first-order valence-corrected chi connectivity index (χ1v) is 12.2. The van der Waals surface area contributed by atoms with E-state index in [1.807, 2.05) is 31.2 Å². The van der Waals surface area contributed by atoms with E-state index in [0.717, 1.165) is 28.3 Å². The highest BCUT2D eigenvalue weighted by molar-refractivity contribution is 7.99. The molecule has 3 rings (SSSR count). The Morgan fingerprint density at radius 2 is 1.80 bits per heavy atom. The molecule has 1 atom stereocenters. The number of hydrogen-bond acceptors (Lipinski definition) is 5. The fraction of sp³-hybridized carbons (Fsp3) is 0.333. The summed E-state index contributed by atoms with van der Waals surface area (Å²) in [5.41, 5.74) is 2.79. The Bertz CT molecular complexity index is 1140. The monoisotopic (exact) mass is 446 g/mol. The van der Waals surface area contributed by atoms with E-state index in [1.54, 1.807) is 12.1 Å². The fourth-order valence-corrected chi connectivity index (χ4v) is 4.50. The minimum absolute atomic E-state index is 0.0457. The molecule has 1 amide bonds. The zero-order valence-electron chi connectivity index (χ0n) is 17.2. The fourth-order valence-electron chi connectivity index (χ4n) is 3.15. The number of nitrogens with one attached hydrogen (secondary N) is 1. The normalized spacial score (nSPS) is 13.0. The molecular weight excluding hydrogens is 420 g/mol. The lowest BCUT2D eigenvalue weighted by molar-refractivity contribution is -0.119. The van der Waals surface area contributed by atoms with Crippen LogP contribution in [0, 0.1) is 5.92 Å². The number of hydrogen-bond donors (Lipinski definition) is 2. The van der Waals surface area contributed by atoms with E-state index in [1.165, 1.54) is 23.9 Å². The van der Waals surface area contributed by atoms with Gasteiger partial charge in [0.1, 0.15) is 0 Å². The maximum Gasteiger partial charge on any atom is 0.238 e. The molecule has 0 saturated heterocycles. The predicted octanol–water partition coefficient (Wildman–Crippen LogP) is 3.31. The summed E-state index contributed by atoms with van der Waals surface area (Å²) in [7, 11) is -3.73. The Kier molecular flexibility index (Phi) is 6.84. The molecule has 0 saturated carbocycles. The van der Waals surface area contributed by atoms with Crippen LogP contribution < -0.4 is 10.5 Å². The molecule has 160 valence electrons. The topological polar surface area (TPSA) is 107 Å². The summed E-state index contributed by atoms with van der Waals surface area (Å²) in [4.78, 5) is 17.2. The van der Waals surface area contributed by atoms with Crippen molar-refractivity contribution in [3.8, 4) is 0 Å². The Labute approximate surface area is 181 Å². The number of fused-ring (bicyclic) bond motifs is 1. The lowest BCUT2D eigenvalue weighted by atomic mass is 10.1. The molecule has 1 heterocycles. The number of carbonyl (C=O) groups is 1.